The Bertz CT molecular complexity index is 589. The zero-order chi connectivity index (χ0) is 16.9. The number of nitrogens with zero attached hydrogens (tertiary/aromatic N) is 1. The van der Waals surface area contributed by atoms with Crippen LogP contribution in [0.15, 0.2) is 35.3 Å². The molecule has 23 heavy (non-hydrogen) atoms. The summed E-state index contributed by atoms with van der Waals surface area (Å²) in [6.07, 6.45) is 1.47. The van der Waals surface area contributed by atoms with Crippen LogP contribution >= 0.6 is 0 Å². The summed E-state index contributed by atoms with van der Waals surface area (Å²) in [6, 6.07) is 4.18. The molecule has 0 aromatic heterocycles. The van der Waals surface area contributed by atoms with Gasteiger partial charge in [-0.1, -0.05) is 18.2 Å². The van der Waals surface area contributed by atoms with Gasteiger partial charge in [0.05, 0.1) is 12.7 Å². The number of halogens is 3. The van der Waals surface area contributed by atoms with Gasteiger partial charge in [-0.2, -0.15) is 13.2 Å². The molecule has 126 valence electrons. The highest BCUT2D eigenvalue weighted by atomic mass is 19.4. The van der Waals surface area contributed by atoms with E-state index >= 15 is 0 Å². The van der Waals surface area contributed by atoms with Crippen molar-refractivity contribution in [2.24, 2.45) is 4.99 Å². The molecular formula is C16H20F3N3O. The minimum Gasteiger partial charge on any atom is -0.497 e. The average Bonchev–Trinajstić information content (AvgIpc) is 3.03. The van der Waals surface area contributed by atoms with Crippen LogP contribution in [0, 0.1) is 0 Å². The monoisotopic (exact) mass is 327 g/mol. The van der Waals surface area contributed by atoms with E-state index in [0.29, 0.717) is 5.96 Å². The molecule has 0 aliphatic heterocycles. The minimum absolute atomic E-state index is 0.0264. The number of aliphatic imine (C=N–C) groups is 1. The summed E-state index contributed by atoms with van der Waals surface area (Å²) in [5.41, 5.74) is -0.562. The lowest BCUT2D eigenvalue weighted by atomic mass is 10.1. The van der Waals surface area contributed by atoms with Crippen molar-refractivity contribution in [2.75, 3.05) is 14.2 Å². The third-order valence-electron chi connectivity index (χ3n) is 3.64. The lowest BCUT2D eigenvalue weighted by molar-refractivity contribution is -0.138. The van der Waals surface area contributed by atoms with Crippen molar-refractivity contribution in [2.45, 2.75) is 31.6 Å². The van der Waals surface area contributed by atoms with Gasteiger partial charge in [0.25, 0.3) is 0 Å². The molecule has 7 heteroatoms. The summed E-state index contributed by atoms with van der Waals surface area (Å²) in [6.45, 7) is 0.0264. The van der Waals surface area contributed by atoms with Crippen LogP contribution in [0.25, 0.3) is 0 Å². The van der Waals surface area contributed by atoms with Gasteiger partial charge in [0.1, 0.15) is 5.75 Å². The zero-order valence-electron chi connectivity index (χ0n) is 13.1. The van der Waals surface area contributed by atoms with Crippen LogP contribution in [0.3, 0.4) is 0 Å². The van der Waals surface area contributed by atoms with Crippen LogP contribution in [-0.4, -0.2) is 26.2 Å². The van der Waals surface area contributed by atoms with Crippen molar-refractivity contribution >= 4 is 5.96 Å². The Balaban J connectivity index is 2.06. The average molecular weight is 327 g/mol. The van der Waals surface area contributed by atoms with E-state index in [1.54, 1.807) is 7.05 Å². The topological polar surface area (TPSA) is 45.7 Å². The number of rotatable bonds is 4. The summed E-state index contributed by atoms with van der Waals surface area (Å²) in [7, 11) is 2.94. The molecule has 1 aliphatic carbocycles. The second-order valence-corrected chi connectivity index (χ2v) is 5.23. The first kappa shape index (κ1) is 17.2. The maximum absolute atomic E-state index is 13.2. The standard InChI is InChI=1S/C16H20F3N3O/c1-20-15(22-12-5-3-4-6-12)21-10-11-7-8-13(23-2)9-14(11)16(17,18)19/h3-4,7-9,12H,5-6,10H2,1-2H3,(H2,20,21,22). The molecule has 1 aliphatic rings. The first-order chi connectivity index (χ1) is 10.9. The lowest BCUT2D eigenvalue weighted by Crippen LogP contribution is -2.42. The Morgan fingerprint density at radius 1 is 1.30 bits per heavy atom. The quantitative estimate of drug-likeness (QED) is 0.507. The Morgan fingerprint density at radius 3 is 2.57 bits per heavy atom. The fourth-order valence-electron chi connectivity index (χ4n) is 2.40. The number of guanidine groups is 1. The van der Waals surface area contributed by atoms with E-state index in [0.717, 1.165) is 18.9 Å². The maximum atomic E-state index is 13.2. The number of benzene rings is 1. The lowest BCUT2D eigenvalue weighted by Gasteiger charge is -2.19. The molecule has 0 amide bonds. The Morgan fingerprint density at radius 2 is 2.00 bits per heavy atom. The first-order valence-electron chi connectivity index (χ1n) is 7.30. The zero-order valence-corrected chi connectivity index (χ0v) is 13.1. The molecule has 0 radical (unpaired) electrons. The molecule has 0 atom stereocenters. The fraction of sp³-hybridized carbons (Fsp3) is 0.438. The third-order valence-corrected chi connectivity index (χ3v) is 3.64. The SMILES string of the molecule is CN=C(NCc1ccc(OC)cc1C(F)(F)F)NC1CC=CC1. The molecule has 0 spiro atoms. The van der Waals surface area contributed by atoms with E-state index < -0.39 is 11.7 Å². The molecular weight excluding hydrogens is 307 g/mol. The molecule has 1 aromatic carbocycles. The van der Waals surface area contributed by atoms with Gasteiger partial charge < -0.3 is 15.4 Å². The maximum Gasteiger partial charge on any atom is 0.416 e. The van der Waals surface area contributed by atoms with Gasteiger partial charge in [-0.3, -0.25) is 4.99 Å². The van der Waals surface area contributed by atoms with Gasteiger partial charge in [0, 0.05) is 19.6 Å². The normalized spacial score (nSPS) is 15.8. The van der Waals surface area contributed by atoms with Gasteiger partial charge >= 0.3 is 6.18 Å². The molecule has 0 heterocycles. The van der Waals surface area contributed by atoms with E-state index in [-0.39, 0.29) is 23.9 Å². The summed E-state index contributed by atoms with van der Waals surface area (Å²) < 4.78 is 44.4. The summed E-state index contributed by atoms with van der Waals surface area (Å²) in [5.74, 6) is 0.670. The highest BCUT2D eigenvalue weighted by molar-refractivity contribution is 5.80. The first-order valence-corrected chi connectivity index (χ1v) is 7.30. The van der Waals surface area contributed by atoms with Crippen molar-refractivity contribution < 1.29 is 17.9 Å². The van der Waals surface area contributed by atoms with E-state index in [2.05, 4.69) is 27.8 Å². The second kappa shape index (κ2) is 7.39. The van der Waals surface area contributed by atoms with Gasteiger partial charge in [0.2, 0.25) is 0 Å². The van der Waals surface area contributed by atoms with Crippen molar-refractivity contribution in [3.63, 3.8) is 0 Å². The van der Waals surface area contributed by atoms with Gasteiger partial charge in [0.15, 0.2) is 5.96 Å². The Hall–Kier alpha value is -2.18. The third kappa shape index (κ3) is 4.64. The van der Waals surface area contributed by atoms with Crippen LogP contribution in [0.5, 0.6) is 5.75 Å². The molecule has 1 aromatic rings. The number of hydrogen-bond donors (Lipinski definition) is 2. The molecule has 0 bridgehead atoms. The number of hydrogen-bond acceptors (Lipinski definition) is 2. The van der Waals surface area contributed by atoms with Gasteiger partial charge in [-0.05, 0) is 30.5 Å². The van der Waals surface area contributed by atoms with Crippen molar-refractivity contribution in [1.29, 1.82) is 0 Å². The smallest absolute Gasteiger partial charge is 0.416 e. The highest BCUT2D eigenvalue weighted by Gasteiger charge is 2.33. The fourth-order valence-corrected chi connectivity index (χ4v) is 2.40. The van der Waals surface area contributed by atoms with Crippen LogP contribution < -0.4 is 15.4 Å². The van der Waals surface area contributed by atoms with E-state index in [1.165, 1.54) is 19.2 Å². The molecule has 4 nitrogen and oxygen atoms in total. The number of nitrogens with one attached hydrogen (secondary N) is 2. The molecule has 0 saturated heterocycles. The van der Waals surface area contributed by atoms with E-state index in [9.17, 15) is 13.2 Å². The van der Waals surface area contributed by atoms with Gasteiger partial charge in [-0.15, -0.1) is 0 Å². The molecule has 2 rings (SSSR count). The molecule has 0 unspecified atom stereocenters. The van der Waals surface area contributed by atoms with Crippen LogP contribution in [-0.2, 0) is 12.7 Å². The van der Waals surface area contributed by atoms with Crippen LogP contribution in [0.1, 0.15) is 24.0 Å². The number of ether oxygens (including phenoxy) is 1. The predicted molar refractivity (Wildman–Crippen MR) is 83.5 cm³/mol. The van der Waals surface area contributed by atoms with Crippen LogP contribution in [0.2, 0.25) is 0 Å². The minimum atomic E-state index is -4.43. The summed E-state index contributed by atoms with van der Waals surface area (Å²) >= 11 is 0. The van der Waals surface area contributed by atoms with E-state index in [1.807, 2.05) is 0 Å². The summed E-state index contributed by atoms with van der Waals surface area (Å²) in [4.78, 5) is 4.05. The second-order valence-electron chi connectivity index (χ2n) is 5.23. The highest BCUT2D eigenvalue weighted by Crippen LogP contribution is 2.34. The largest absolute Gasteiger partial charge is 0.497 e. The van der Waals surface area contributed by atoms with Crippen LogP contribution in [0.4, 0.5) is 13.2 Å². The number of alkyl halides is 3. The predicted octanol–water partition coefficient (Wildman–Crippen LogP) is 3.10. The van der Waals surface area contributed by atoms with E-state index in [4.69, 9.17) is 4.74 Å². The van der Waals surface area contributed by atoms with Crippen molar-refractivity contribution in [3.05, 3.63) is 41.5 Å². The summed E-state index contributed by atoms with van der Waals surface area (Å²) in [5, 5.41) is 6.12. The van der Waals surface area contributed by atoms with Crippen molar-refractivity contribution in [1.82, 2.24) is 10.6 Å². The molecule has 2 N–H and O–H groups in total. The Kier molecular flexibility index (Phi) is 5.52. The molecule has 0 saturated carbocycles. The Labute approximate surface area is 133 Å². The van der Waals surface area contributed by atoms with Gasteiger partial charge in [-0.25, -0.2) is 0 Å². The molecule has 0 fully saturated rings. The number of methoxy groups -OCH3 is 1. The van der Waals surface area contributed by atoms with Crippen molar-refractivity contribution in [3.8, 4) is 5.75 Å².